The number of carboxylic acids is 1. The highest BCUT2D eigenvalue weighted by Crippen LogP contribution is 2.19. The number of carboxylic acid groups (broad SMARTS) is 1. The van der Waals surface area contributed by atoms with E-state index in [1.54, 1.807) is 6.08 Å². The molecule has 2 rings (SSSR count). The molecule has 2 N–H and O–H groups in total. The van der Waals surface area contributed by atoms with E-state index in [4.69, 9.17) is 5.11 Å². The van der Waals surface area contributed by atoms with Crippen molar-refractivity contribution in [2.45, 2.75) is 5.16 Å². The van der Waals surface area contributed by atoms with Gasteiger partial charge < -0.3 is 10.1 Å². The molecule has 0 bridgehead atoms. The van der Waals surface area contributed by atoms with Gasteiger partial charge in [0, 0.05) is 5.75 Å². The third-order valence-electron chi connectivity index (χ3n) is 1.81. The van der Waals surface area contributed by atoms with E-state index in [9.17, 15) is 4.79 Å². The van der Waals surface area contributed by atoms with E-state index in [-0.39, 0.29) is 5.69 Å². The van der Waals surface area contributed by atoms with Crippen LogP contribution in [0, 0.1) is 0 Å². The van der Waals surface area contributed by atoms with E-state index in [1.807, 2.05) is 0 Å². The van der Waals surface area contributed by atoms with Crippen molar-refractivity contribution in [3.05, 3.63) is 24.7 Å². The lowest BCUT2D eigenvalue weighted by Gasteiger charge is -1.92. The third kappa shape index (κ3) is 1.89. The zero-order chi connectivity index (χ0) is 11.5. The molecule has 0 saturated heterocycles. The summed E-state index contributed by atoms with van der Waals surface area (Å²) in [5.41, 5.74) is 0.642. The molecule has 2 aromatic rings. The van der Waals surface area contributed by atoms with Gasteiger partial charge >= 0.3 is 5.97 Å². The van der Waals surface area contributed by atoms with Crippen LogP contribution in [0.25, 0.3) is 11.2 Å². The lowest BCUT2D eigenvalue weighted by molar-refractivity contribution is 0.0692. The van der Waals surface area contributed by atoms with E-state index >= 15 is 0 Å². The molecule has 0 aliphatic carbocycles. The number of nitrogens with one attached hydrogen (secondary N) is 1. The van der Waals surface area contributed by atoms with E-state index in [0.717, 1.165) is 0 Å². The lowest BCUT2D eigenvalue weighted by atomic mass is 10.4. The molecule has 7 heteroatoms. The first kappa shape index (κ1) is 10.6. The first-order valence-electron chi connectivity index (χ1n) is 4.40. The van der Waals surface area contributed by atoms with Crippen molar-refractivity contribution < 1.29 is 9.90 Å². The topological polar surface area (TPSA) is 91.8 Å². The SMILES string of the molecule is C=CCSc1nc2ncnc(C(=O)O)c2[nH]1. The Bertz CT molecular complexity index is 551. The van der Waals surface area contributed by atoms with E-state index in [2.05, 4.69) is 26.5 Å². The Morgan fingerprint density at radius 2 is 2.44 bits per heavy atom. The van der Waals surface area contributed by atoms with Gasteiger partial charge in [0.25, 0.3) is 0 Å². The second-order valence-electron chi connectivity index (χ2n) is 2.87. The minimum Gasteiger partial charge on any atom is -0.476 e. The second kappa shape index (κ2) is 4.31. The van der Waals surface area contributed by atoms with Crippen molar-refractivity contribution in [3.63, 3.8) is 0 Å². The van der Waals surface area contributed by atoms with Crippen molar-refractivity contribution in [1.82, 2.24) is 19.9 Å². The van der Waals surface area contributed by atoms with Gasteiger partial charge in [0.05, 0.1) is 0 Å². The maximum Gasteiger partial charge on any atom is 0.356 e. The minimum atomic E-state index is -1.10. The second-order valence-corrected chi connectivity index (χ2v) is 3.88. The number of imidazole rings is 1. The average Bonchev–Trinajstić information content (AvgIpc) is 2.68. The molecule has 0 unspecified atom stereocenters. The Labute approximate surface area is 94.8 Å². The molecule has 0 radical (unpaired) electrons. The summed E-state index contributed by atoms with van der Waals surface area (Å²) in [4.78, 5) is 25.5. The van der Waals surface area contributed by atoms with Gasteiger partial charge in [0.15, 0.2) is 16.5 Å². The van der Waals surface area contributed by atoms with Gasteiger partial charge in [0.2, 0.25) is 0 Å². The molecule has 0 amide bonds. The summed E-state index contributed by atoms with van der Waals surface area (Å²) in [6, 6.07) is 0. The Balaban J connectivity index is 2.48. The number of hydrogen-bond donors (Lipinski definition) is 2. The fourth-order valence-corrected chi connectivity index (χ4v) is 1.78. The van der Waals surface area contributed by atoms with Crippen LogP contribution in [0.5, 0.6) is 0 Å². The van der Waals surface area contributed by atoms with Gasteiger partial charge in [-0.1, -0.05) is 17.8 Å². The molecule has 0 spiro atoms. The van der Waals surface area contributed by atoms with Crippen LogP contribution in [0.1, 0.15) is 10.5 Å². The van der Waals surface area contributed by atoms with Gasteiger partial charge in [-0.2, -0.15) is 0 Å². The fraction of sp³-hybridized carbons (Fsp3) is 0.111. The zero-order valence-corrected chi connectivity index (χ0v) is 8.99. The predicted molar refractivity (Wildman–Crippen MR) is 59.6 cm³/mol. The molecule has 0 atom stereocenters. The van der Waals surface area contributed by atoms with Gasteiger partial charge in [-0.05, 0) is 0 Å². The summed E-state index contributed by atoms with van der Waals surface area (Å²) in [5, 5.41) is 9.52. The molecule has 0 saturated carbocycles. The van der Waals surface area contributed by atoms with Crippen LogP contribution in [0.4, 0.5) is 0 Å². The van der Waals surface area contributed by atoms with Crippen molar-refractivity contribution in [2.75, 3.05) is 5.75 Å². The lowest BCUT2D eigenvalue weighted by Crippen LogP contribution is -2.01. The van der Waals surface area contributed by atoms with Crippen LogP contribution in [-0.2, 0) is 0 Å². The summed E-state index contributed by atoms with van der Waals surface area (Å²) in [7, 11) is 0. The van der Waals surface area contributed by atoms with Crippen molar-refractivity contribution in [3.8, 4) is 0 Å². The zero-order valence-electron chi connectivity index (χ0n) is 8.17. The first-order valence-corrected chi connectivity index (χ1v) is 5.38. The normalized spacial score (nSPS) is 10.5. The first-order chi connectivity index (χ1) is 7.72. The Kier molecular flexibility index (Phi) is 2.86. The molecule has 0 aromatic carbocycles. The number of rotatable bonds is 4. The highest BCUT2D eigenvalue weighted by Gasteiger charge is 2.14. The molecular weight excluding hydrogens is 228 g/mol. The molecule has 82 valence electrons. The van der Waals surface area contributed by atoms with Crippen molar-refractivity contribution in [1.29, 1.82) is 0 Å². The van der Waals surface area contributed by atoms with Crippen LogP contribution < -0.4 is 0 Å². The van der Waals surface area contributed by atoms with E-state index in [1.165, 1.54) is 18.1 Å². The van der Waals surface area contributed by atoms with Crippen LogP contribution in [0.2, 0.25) is 0 Å². The van der Waals surface area contributed by atoms with Crippen LogP contribution in [0.15, 0.2) is 24.1 Å². The molecule has 0 aliphatic rings. The van der Waals surface area contributed by atoms with Crippen molar-refractivity contribution in [2.24, 2.45) is 0 Å². The van der Waals surface area contributed by atoms with Crippen LogP contribution >= 0.6 is 11.8 Å². The number of hydrogen-bond acceptors (Lipinski definition) is 5. The van der Waals surface area contributed by atoms with Gasteiger partial charge in [-0.15, -0.1) is 6.58 Å². The number of carbonyl (C=O) groups is 1. The van der Waals surface area contributed by atoms with Gasteiger partial charge in [-0.25, -0.2) is 19.7 Å². The maximum absolute atomic E-state index is 10.9. The number of nitrogens with zero attached hydrogens (tertiary/aromatic N) is 3. The monoisotopic (exact) mass is 236 g/mol. The van der Waals surface area contributed by atoms with Gasteiger partial charge in [-0.3, -0.25) is 0 Å². The Hall–Kier alpha value is -1.89. The molecule has 0 aliphatic heterocycles. The number of aromatic amines is 1. The molecule has 16 heavy (non-hydrogen) atoms. The van der Waals surface area contributed by atoms with E-state index in [0.29, 0.717) is 22.1 Å². The average molecular weight is 236 g/mol. The van der Waals surface area contributed by atoms with Gasteiger partial charge in [0.1, 0.15) is 11.8 Å². The summed E-state index contributed by atoms with van der Waals surface area (Å²) in [6.07, 6.45) is 2.93. The number of thioether (sulfide) groups is 1. The highest BCUT2D eigenvalue weighted by atomic mass is 32.2. The van der Waals surface area contributed by atoms with Crippen molar-refractivity contribution >= 4 is 28.9 Å². The smallest absolute Gasteiger partial charge is 0.356 e. The summed E-state index contributed by atoms with van der Waals surface area (Å²) in [6.45, 7) is 3.59. The highest BCUT2D eigenvalue weighted by molar-refractivity contribution is 7.99. The van der Waals surface area contributed by atoms with Crippen LogP contribution in [0.3, 0.4) is 0 Å². The number of H-pyrrole nitrogens is 1. The van der Waals surface area contributed by atoms with Crippen LogP contribution in [-0.4, -0.2) is 36.8 Å². The number of aromatic carboxylic acids is 1. The molecule has 2 heterocycles. The predicted octanol–water partition coefficient (Wildman–Crippen LogP) is 1.33. The standard InChI is InChI=1S/C9H8N4O2S/c1-2-3-16-9-12-5-6(8(14)15)10-4-11-7(5)13-9/h2,4H,1,3H2,(H,14,15)(H,10,11,12,13). The minimum absolute atomic E-state index is 0.0667. The maximum atomic E-state index is 10.9. The summed E-state index contributed by atoms with van der Waals surface area (Å²) in [5.74, 6) is -0.410. The Morgan fingerprint density at radius 1 is 1.62 bits per heavy atom. The van der Waals surface area contributed by atoms with E-state index < -0.39 is 5.97 Å². The Morgan fingerprint density at radius 3 is 3.12 bits per heavy atom. The summed E-state index contributed by atoms with van der Waals surface area (Å²) < 4.78 is 0. The third-order valence-corrected chi connectivity index (χ3v) is 2.68. The summed E-state index contributed by atoms with van der Waals surface area (Å²) >= 11 is 1.42. The molecule has 2 aromatic heterocycles. The molecule has 6 nitrogen and oxygen atoms in total. The molecular formula is C9H8N4O2S. The molecule has 0 fully saturated rings. The largest absolute Gasteiger partial charge is 0.476 e. The fourth-order valence-electron chi connectivity index (χ4n) is 1.18. The number of fused-ring (bicyclic) bond motifs is 1. The quantitative estimate of drug-likeness (QED) is 0.614. The number of aromatic nitrogens is 4.